The van der Waals surface area contributed by atoms with Gasteiger partial charge in [0.05, 0.1) is 0 Å². The zero-order valence-electron chi connectivity index (χ0n) is 12.2. The van der Waals surface area contributed by atoms with Gasteiger partial charge in [-0.1, -0.05) is 13.8 Å². The van der Waals surface area contributed by atoms with E-state index in [4.69, 9.17) is 0 Å². The molecule has 0 atom stereocenters. The minimum Gasteiger partial charge on any atom is -0.299 e. The third-order valence-corrected chi connectivity index (χ3v) is 4.17. The summed E-state index contributed by atoms with van der Waals surface area (Å²) >= 11 is 0. The standard InChI is InChI=1S/C15H26N2O/c1-11(2)15(18)5-6-16-7-13-9-17(12(3)4)10-14(13)8-16/h11-12H,5-10H2,1-4H3. The molecule has 0 saturated carbocycles. The molecule has 0 radical (unpaired) electrons. The van der Waals surface area contributed by atoms with E-state index in [1.807, 2.05) is 13.8 Å². The Labute approximate surface area is 111 Å². The van der Waals surface area contributed by atoms with Gasteiger partial charge in [0.25, 0.3) is 0 Å². The lowest BCUT2D eigenvalue weighted by atomic mass is 10.1. The van der Waals surface area contributed by atoms with Crippen molar-refractivity contribution < 1.29 is 4.79 Å². The molecule has 2 rings (SSSR count). The lowest BCUT2D eigenvalue weighted by Gasteiger charge is -2.25. The number of Topliss-reactive ketones (excluding diaryl/α,β-unsaturated/α-hetero) is 1. The van der Waals surface area contributed by atoms with E-state index in [0.717, 1.165) is 32.7 Å². The Morgan fingerprint density at radius 1 is 1.06 bits per heavy atom. The van der Waals surface area contributed by atoms with Crippen molar-refractivity contribution in [2.24, 2.45) is 5.92 Å². The van der Waals surface area contributed by atoms with Gasteiger partial charge in [0.15, 0.2) is 0 Å². The molecule has 0 spiro atoms. The first-order valence-corrected chi connectivity index (χ1v) is 7.16. The number of hydrogen-bond donors (Lipinski definition) is 0. The van der Waals surface area contributed by atoms with Crippen LogP contribution in [0.1, 0.15) is 34.1 Å². The molecule has 2 aliphatic heterocycles. The summed E-state index contributed by atoms with van der Waals surface area (Å²) < 4.78 is 0. The maximum Gasteiger partial charge on any atom is 0.136 e. The summed E-state index contributed by atoms with van der Waals surface area (Å²) in [5.41, 5.74) is 3.22. The van der Waals surface area contributed by atoms with Gasteiger partial charge >= 0.3 is 0 Å². The van der Waals surface area contributed by atoms with Crippen LogP contribution in [0.3, 0.4) is 0 Å². The van der Waals surface area contributed by atoms with Gasteiger partial charge in [-0.15, -0.1) is 0 Å². The Morgan fingerprint density at radius 2 is 1.61 bits per heavy atom. The maximum absolute atomic E-state index is 11.6. The summed E-state index contributed by atoms with van der Waals surface area (Å²) in [5, 5.41) is 0. The lowest BCUT2D eigenvalue weighted by Crippen LogP contribution is -2.34. The second kappa shape index (κ2) is 5.54. The van der Waals surface area contributed by atoms with Crippen LogP contribution < -0.4 is 0 Å². The molecule has 0 fully saturated rings. The molecule has 2 heterocycles. The molecule has 0 aromatic carbocycles. The Kier molecular flexibility index (Phi) is 4.23. The molecule has 0 saturated heterocycles. The van der Waals surface area contributed by atoms with Crippen LogP contribution in [0.25, 0.3) is 0 Å². The van der Waals surface area contributed by atoms with E-state index >= 15 is 0 Å². The average Bonchev–Trinajstić information content (AvgIpc) is 2.82. The first kappa shape index (κ1) is 13.8. The van der Waals surface area contributed by atoms with Crippen molar-refractivity contribution in [1.29, 1.82) is 0 Å². The predicted octanol–water partition coefficient (Wildman–Crippen LogP) is 1.94. The highest BCUT2D eigenvalue weighted by Gasteiger charge is 2.30. The van der Waals surface area contributed by atoms with E-state index < -0.39 is 0 Å². The summed E-state index contributed by atoms with van der Waals surface area (Å²) in [6.07, 6.45) is 0.714. The van der Waals surface area contributed by atoms with E-state index in [-0.39, 0.29) is 5.92 Å². The molecule has 0 N–H and O–H groups in total. The van der Waals surface area contributed by atoms with E-state index in [1.165, 1.54) is 0 Å². The van der Waals surface area contributed by atoms with Crippen molar-refractivity contribution in [3.8, 4) is 0 Å². The molecule has 0 bridgehead atoms. The van der Waals surface area contributed by atoms with Crippen LogP contribution in [0.15, 0.2) is 11.1 Å². The highest BCUT2D eigenvalue weighted by Crippen LogP contribution is 2.26. The Morgan fingerprint density at radius 3 is 2.06 bits per heavy atom. The van der Waals surface area contributed by atoms with Gasteiger partial charge in [-0.2, -0.15) is 0 Å². The largest absolute Gasteiger partial charge is 0.299 e. The van der Waals surface area contributed by atoms with Crippen molar-refractivity contribution in [3.05, 3.63) is 11.1 Å². The molecule has 3 nitrogen and oxygen atoms in total. The fraction of sp³-hybridized carbons (Fsp3) is 0.800. The van der Waals surface area contributed by atoms with Gasteiger partial charge in [0.2, 0.25) is 0 Å². The van der Waals surface area contributed by atoms with Crippen LogP contribution in [0.4, 0.5) is 0 Å². The van der Waals surface area contributed by atoms with E-state index in [0.29, 0.717) is 18.2 Å². The Hall–Kier alpha value is -0.670. The first-order chi connectivity index (χ1) is 8.47. The van der Waals surface area contributed by atoms with Crippen LogP contribution in [0, 0.1) is 5.92 Å². The second-order valence-corrected chi connectivity index (χ2v) is 6.29. The van der Waals surface area contributed by atoms with Gasteiger partial charge in [-0.3, -0.25) is 14.6 Å². The average molecular weight is 250 g/mol. The van der Waals surface area contributed by atoms with Gasteiger partial charge in [0, 0.05) is 51.1 Å². The molecule has 0 aromatic rings. The van der Waals surface area contributed by atoms with Crippen molar-refractivity contribution >= 4 is 5.78 Å². The first-order valence-electron chi connectivity index (χ1n) is 7.16. The summed E-state index contributed by atoms with van der Waals surface area (Å²) in [6.45, 7) is 13.9. The molecule has 18 heavy (non-hydrogen) atoms. The van der Waals surface area contributed by atoms with Gasteiger partial charge in [-0.05, 0) is 25.0 Å². The van der Waals surface area contributed by atoms with E-state index in [9.17, 15) is 4.79 Å². The summed E-state index contributed by atoms with van der Waals surface area (Å²) in [6, 6.07) is 0.645. The Balaban J connectivity index is 1.75. The quantitative estimate of drug-likeness (QED) is 0.697. The number of hydrogen-bond acceptors (Lipinski definition) is 3. The van der Waals surface area contributed by atoms with Crippen LogP contribution in [-0.2, 0) is 4.79 Å². The summed E-state index contributed by atoms with van der Waals surface area (Å²) in [4.78, 5) is 16.6. The predicted molar refractivity (Wildman–Crippen MR) is 74.6 cm³/mol. The summed E-state index contributed by atoms with van der Waals surface area (Å²) in [7, 11) is 0. The van der Waals surface area contributed by atoms with Gasteiger partial charge in [-0.25, -0.2) is 0 Å². The minimum atomic E-state index is 0.184. The Bertz CT molecular complexity index is 340. The fourth-order valence-corrected chi connectivity index (χ4v) is 2.77. The number of carbonyl (C=O) groups excluding carboxylic acids is 1. The molecular formula is C15H26N2O. The maximum atomic E-state index is 11.6. The third kappa shape index (κ3) is 3.01. The van der Waals surface area contributed by atoms with Crippen LogP contribution >= 0.6 is 0 Å². The van der Waals surface area contributed by atoms with E-state index in [1.54, 1.807) is 11.1 Å². The normalized spacial score (nSPS) is 21.4. The molecule has 0 aromatic heterocycles. The number of nitrogens with zero attached hydrogens (tertiary/aromatic N) is 2. The molecule has 2 aliphatic rings. The summed E-state index contributed by atoms with van der Waals surface area (Å²) in [5.74, 6) is 0.578. The van der Waals surface area contributed by atoms with Crippen LogP contribution in [0.5, 0.6) is 0 Å². The molecule has 3 heteroatoms. The molecule has 0 aliphatic carbocycles. The number of carbonyl (C=O) groups is 1. The topological polar surface area (TPSA) is 23.6 Å². The lowest BCUT2D eigenvalue weighted by molar-refractivity contribution is -0.122. The molecule has 0 amide bonds. The fourth-order valence-electron chi connectivity index (χ4n) is 2.77. The van der Waals surface area contributed by atoms with Gasteiger partial charge < -0.3 is 0 Å². The highest BCUT2D eigenvalue weighted by molar-refractivity contribution is 5.80. The minimum absolute atomic E-state index is 0.184. The third-order valence-electron chi connectivity index (χ3n) is 4.17. The second-order valence-electron chi connectivity index (χ2n) is 6.29. The van der Waals surface area contributed by atoms with Gasteiger partial charge in [0.1, 0.15) is 5.78 Å². The van der Waals surface area contributed by atoms with Crippen LogP contribution in [0.2, 0.25) is 0 Å². The number of rotatable bonds is 5. The van der Waals surface area contributed by atoms with E-state index in [2.05, 4.69) is 23.6 Å². The van der Waals surface area contributed by atoms with Crippen molar-refractivity contribution in [2.75, 3.05) is 32.7 Å². The molecular weight excluding hydrogens is 224 g/mol. The SMILES string of the molecule is CC(C)C(=O)CCN1CC2=C(C1)CN(C(C)C)C2. The van der Waals surface area contributed by atoms with Crippen LogP contribution in [-0.4, -0.2) is 54.3 Å². The van der Waals surface area contributed by atoms with Crippen molar-refractivity contribution in [1.82, 2.24) is 9.80 Å². The smallest absolute Gasteiger partial charge is 0.136 e. The number of ketones is 1. The van der Waals surface area contributed by atoms with Crippen molar-refractivity contribution in [2.45, 2.75) is 40.2 Å². The monoisotopic (exact) mass is 250 g/mol. The highest BCUT2D eigenvalue weighted by atomic mass is 16.1. The van der Waals surface area contributed by atoms with Crippen molar-refractivity contribution in [3.63, 3.8) is 0 Å². The zero-order chi connectivity index (χ0) is 13.3. The zero-order valence-corrected chi connectivity index (χ0v) is 12.2. The molecule has 0 unspecified atom stereocenters. The molecule has 102 valence electrons.